The Balaban J connectivity index is 1.99. The van der Waals surface area contributed by atoms with Crippen LogP contribution in [0.5, 0.6) is 0 Å². The largest absolute Gasteiger partial charge is 0.461 e. The lowest BCUT2D eigenvalue weighted by Gasteiger charge is -1.92. The first-order chi connectivity index (χ1) is 10.6. The fourth-order valence-corrected chi connectivity index (χ4v) is 2.83. The Morgan fingerprint density at radius 3 is 2.68 bits per heavy atom. The van der Waals surface area contributed by atoms with Crippen LogP contribution >= 0.6 is 11.3 Å². The molecule has 0 amide bonds. The third-order valence-corrected chi connectivity index (χ3v) is 4.04. The van der Waals surface area contributed by atoms with Crippen molar-refractivity contribution in [1.82, 2.24) is 4.98 Å². The topological polar surface area (TPSA) is 63.1 Å². The highest BCUT2D eigenvalue weighted by atomic mass is 32.1. The van der Waals surface area contributed by atoms with E-state index in [1.807, 2.05) is 31.2 Å². The van der Waals surface area contributed by atoms with Crippen molar-refractivity contribution in [1.29, 1.82) is 0 Å². The Kier molecular flexibility index (Phi) is 3.89. The van der Waals surface area contributed by atoms with Gasteiger partial charge in [-0.1, -0.05) is 29.8 Å². The van der Waals surface area contributed by atoms with E-state index in [0.717, 1.165) is 11.1 Å². The van der Waals surface area contributed by atoms with Gasteiger partial charge in [-0.25, -0.2) is 0 Å². The number of carbonyl (C=O) groups is 1. The first-order valence-corrected chi connectivity index (χ1v) is 7.50. The van der Waals surface area contributed by atoms with Gasteiger partial charge in [0.1, 0.15) is 0 Å². The van der Waals surface area contributed by atoms with Crippen LogP contribution in [0.1, 0.15) is 21.7 Å². The second-order valence-corrected chi connectivity index (χ2v) is 5.91. The predicted molar refractivity (Wildman–Crippen MR) is 86.4 cm³/mol. The van der Waals surface area contributed by atoms with Crippen molar-refractivity contribution in [3.05, 3.63) is 79.1 Å². The lowest BCUT2D eigenvalue weighted by molar-refractivity contribution is 0.103. The summed E-state index contributed by atoms with van der Waals surface area (Å²) >= 11 is 1.24. The standard InChI is InChI=1S/C17H13NO3S/c1-11-4-6-12(7-5-11)9-15-17(20)18-16(22-15)10-13(19)14-3-2-8-21-14/h2-10H,1H3,(H,18,20). The molecule has 3 rings (SSSR count). The number of rotatable bonds is 3. The normalized spacial score (nSPS) is 12.8. The molecule has 0 atom stereocenters. The average molecular weight is 311 g/mol. The van der Waals surface area contributed by atoms with E-state index >= 15 is 0 Å². The molecule has 4 nitrogen and oxygen atoms in total. The van der Waals surface area contributed by atoms with Gasteiger partial charge in [0.15, 0.2) is 5.76 Å². The lowest BCUT2D eigenvalue weighted by Crippen LogP contribution is -2.19. The predicted octanol–water partition coefficient (Wildman–Crippen LogP) is 1.83. The third kappa shape index (κ3) is 3.15. The number of carbonyl (C=O) groups excluding carboxylic acids is 1. The molecule has 0 fully saturated rings. The van der Waals surface area contributed by atoms with E-state index in [1.54, 1.807) is 18.2 Å². The molecule has 0 aliphatic carbocycles. The molecule has 0 radical (unpaired) electrons. The minimum absolute atomic E-state index is 0.205. The van der Waals surface area contributed by atoms with E-state index in [4.69, 9.17) is 4.42 Å². The molecule has 0 spiro atoms. The number of aromatic amines is 1. The van der Waals surface area contributed by atoms with E-state index in [2.05, 4.69) is 4.98 Å². The molecule has 0 bridgehead atoms. The molecule has 0 saturated carbocycles. The summed E-state index contributed by atoms with van der Waals surface area (Å²) in [6.45, 7) is 2.01. The molecule has 1 N–H and O–H groups in total. The Labute approximate surface area is 130 Å². The Bertz CT molecular complexity index is 960. The molecular formula is C17H13NO3S. The van der Waals surface area contributed by atoms with Gasteiger partial charge < -0.3 is 9.40 Å². The van der Waals surface area contributed by atoms with Crippen molar-refractivity contribution >= 4 is 29.3 Å². The number of H-pyrrole nitrogens is 1. The second kappa shape index (κ2) is 5.99. The summed E-state index contributed by atoms with van der Waals surface area (Å²) < 4.78 is 6.10. The first kappa shape index (κ1) is 14.3. The Morgan fingerprint density at radius 2 is 2.00 bits per heavy atom. The van der Waals surface area contributed by atoms with E-state index in [9.17, 15) is 9.59 Å². The van der Waals surface area contributed by atoms with Crippen LogP contribution < -0.4 is 14.8 Å². The number of Topliss-reactive ketones (excluding diaryl/α,β-unsaturated/α-hetero) is 1. The first-order valence-electron chi connectivity index (χ1n) is 6.69. The van der Waals surface area contributed by atoms with Crippen LogP contribution in [0.15, 0.2) is 51.9 Å². The van der Waals surface area contributed by atoms with Crippen molar-refractivity contribution in [3.63, 3.8) is 0 Å². The molecule has 1 aromatic carbocycles. The van der Waals surface area contributed by atoms with Crippen molar-refractivity contribution in [2.45, 2.75) is 6.92 Å². The highest BCUT2D eigenvalue weighted by Crippen LogP contribution is 2.03. The monoisotopic (exact) mass is 311 g/mol. The maximum absolute atomic E-state index is 11.9. The summed E-state index contributed by atoms with van der Waals surface area (Å²) in [5.74, 6) is -0.0253. The summed E-state index contributed by atoms with van der Waals surface area (Å²) in [4.78, 5) is 26.5. The number of hydrogen-bond acceptors (Lipinski definition) is 4. The van der Waals surface area contributed by atoms with Crippen molar-refractivity contribution in [3.8, 4) is 0 Å². The molecule has 0 aliphatic rings. The molecule has 3 aromatic rings. The number of aryl methyl sites for hydroxylation is 1. The number of aromatic nitrogens is 1. The van der Waals surface area contributed by atoms with Gasteiger partial charge in [0.05, 0.1) is 15.5 Å². The zero-order chi connectivity index (χ0) is 15.5. The number of benzene rings is 1. The van der Waals surface area contributed by atoms with Gasteiger partial charge >= 0.3 is 0 Å². The highest BCUT2D eigenvalue weighted by Gasteiger charge is 2.05. The molecule has 0 saturated heterocycles. The molecule has 0 aliphatic heterocycles. The summed E-state index contributed by atoms with van der Waals surface area (Å²) in [7, 11) is 0. The minimum atomic E-state index is -0.274. The number of hydrogen-bond donors (Lipinski definition) is 1. The molecule has 22 heavy (non-hydrogen) atoms. The molecule has 5 heteroatoms. The van der Waals surface area contributed by atoms with Crippen molar-refractivity contribution in [2.75, 3.05) is 0 Å². The van der Waals surface area contributed by atoms with Crippen LogP contribution in [-0.4, -0.2) is 10.8 Å². The maximum atomic E-state index is 11.9. The fourth-order valence-electron chi connectivity index (χ4n) is 1.95. The summed E-state index contributed by atoms with van der Waals surface area (Å²) in [5, 5.41) is 0. The molecular weight excluding hydrogens is 298 g/mol. The maximum Gasteiger partial charge on any atom is 0.266 e. The molecule has 2 aromatic heterocycles. The summed E-state index contributed by atoms with van der Waals surface area (Å²) in [5.41, 5.74) is 1.90. The van der Waals surface area contributed by atoms with Crippen molar-refractivity contribution in [2.24, 2.45) is 0 Å². The smallest absolute Gasteiger partial charge is 0.266 e. The van der Waals surface area contributed by atoms with Gasteiger partial charge in [-0.2, -0.15) is 0 Å². The van der Waals surface area contributed by atoms with Gasteiger partial charge in [0.2, 0.25) is 5.78 Å². The van der Waals surface area contributed by atoms with Crippen LogP contribution in [0, 0.1) is 6.92 Å². The minimum Gasteiger partial charge on any atom is -0.461 e. The third-order valence-electron chi connectivity index (χ3n) is 3.08. The second-order valence-electron chi connectivity index (χ2n) is 4.83. The number of furan rings is 1. The average Bonchev–Trinajstić information content (AvgIpc) is 3.12. The van der Waals surface area contributed by atoms with E-state index < -0.39 is 0 Å². The van der Waals surface area contributed by atoms with Crippen LogP contribution in [0.3, 0.4) is 0 Å². The summed E-state index contributed by atoms with van der Waals surface area (Å²) in [6, 6.07) is 11.1. The number of ketones is 1. The van der Waals surface area contributed by atoms with E-state index in [1.165, 1.54) is 23.7 Å². The van der Waals surface area contributed by atoms with E-state index in [0.29, 0.717) is 9.20 Å². The molecule has 110 valence electrons. The van der Waals surface area contributed by atoms with Gasteiger partial charge in [-0.3, -0.25) is 9.59 Å². The van der Waals surface area contributed by atoms with Gasteiger partial charge in [0.25, 0.3) is 5.56 Å². The van der Waals surface area contributed by atoms with Gasteiger partial charge in [-0.05, 0) is 30.7 Å². The van der Waals surface area contributed by atoms with Crippen LogP contribution in [-0.2, 0) is 0 Å². The van der Waals surface area contributed by atoms with Gasteiger partial charge in [0, 0.05) is 6.08 Å². The van der Waals surface area contributed by atoms with E-state index in [-0.39, 0.29) is 17.1 Å². The van der Waals surface area contributed by atoms with Crippen LogP contribution in [0.2, 0.25) is 0 Å². The summed E-state index contributed by atoms with van der Waals surface area (Å²) in [6.07, 6.45) is 4.61. The molecule has 2 heterocycles. The highest BCUT2D eigenvalue weighted by molar-refractivity contribution is 7.07. The fraction of sp³-hybridized carbons (Fsp3) is 0.0588. The van der Waals surface area contributed by atoms with Crippen LogP contribution in [0.25, 0.3) is 12.2 Å². The Hall–Kier alpha value is -2.66. The number of nitrogens with one attached hydrogen (secondary N) is 1. The van der Waals surface area contributed by atoms with Gasteiger partial charge in [-0.15, -0.1) is 11.3 Å². The Morgan fingerprint density at radius 1 is 1.23 bits per heavy atom. The van der Waals surface area contributed by atoms with Crippen molar-refractivity contribution < 1.29 is 9.21 Å². The SMILES string of the molecule is Cc1ccc(C=c2sc(=CC(=O)c3ccco3)[nH]c2=O)cc1. The lowest BCUT2D eigenvalue weighted by atomic mass is 10.1. The zero-order valence-electron chi connectivity index (χ0n) is 11.8. The quantitative estimate of drug-likeness (QED) is 0.751. The zero-order valence-corrected chi connectivity index (χ0v) is 12.6. The van der Waals surface area contributed by atoms with Crippen LogP contribution in [0.4, 0.5) is 0 Å². The molecule has 0 unspecified atom stereocenters. The number of thiazole rings is 1.